The molecule has 3 aromatic carbocycles. The van der Waals surface area contributed by atoms with Gasteiger partial charge in [-0.1, -0.05) is 35.9 Å². The summed E-state index contributed by atoms with van der Waals surface area (Å²) < 4.78 is 24.4. The maximum absolute atomic E-state index is 13.4. The molecule has 0 spiro atoms. The second-order valence-electron chi connectivity index (χ2n) is 7.35. The van der Waals surface area contributed by atoms with Crippen molar-refractivity contribution in [3.8, 4) is 11.5 Å². The lowest BCUT2D eigenvalue weighted by atomic mass is 10.1. The molecule has 2 N–H and O–H groups in total. The Balaban J connectivity index is 1.60. The fraction of sp³-hybridized carbons (Fsp3) is 0.0800. The van der Waals surface area contributed by atoms with Crippen LogP contribution in [0.2, 0.25) is 5.02 Å². The lowest BCUT2D eigenvalue weighted by Gasteiger charge is -2.15. The van der Waals surface area contributed by atoms with Crippen LogP contribution in [0.3, 0.4) is 0 Å². The first-order chi connectivity index (χ1) is 16.9. The Labute approximate surface area is 204 Å². The average Bonchev–Trinajstić information content (AvgIpc) is 3.12. The zero-order chi connectivity index (χ0) is 24.9. The third-order valence-electron chi connectivity index (χ3n) is 4.93. The highest BCUT2D eigenvalue weighted by Gasteiger charge is 2.34. The summed E-state index contributed by atoms with van der Waals surface area (Å²) in [5.41, 5.74) is 3.35. The van der Waals surface area contributed by atoms with E-state index in [2.05, 4.69) is 10.7 Å². The summed E-state index contributed by atoms with van der Waals surface area (Å²) in [6, 6.07) is 17.0. The molecule has 0 radical (unpaired) electrons. The summed E-state index contributed by atoms with van der Waals surface area (Å²) >= 11 is 6.19. The molecule has 4 rings (SSSR count). The minimum Gasteiger partial charge on any atom is -0.493 e. The van der Waals surface area contributed by atoms with Gasteiger partial charge in [-0.3, -0.25) is 19.8 Å². The molecule has 0 atom stereocenters. The van der Waals surface area contributed by atoms with E-state index in [1.807, 2.05) is 0 Å². The minimum absolute atomic E-state index is 0.0950. The number of hydrogen-bond donors (Lipinski definition) is 2. The topological polar surface area (TPSA) is 97.0 Å². The van der Waals surface area contributed by atoms with Crippen molar-refractivity contribution in [3.05, 3.63) is 88.7 Å². The second kappa shape index (κ2) is 10.3. The van der Waals surface area contributed by atoms with Crippen LogP contribution >= 0.6 is 11.6 Å². The van der Waals surface area contributed by atoms with E-state index in [0.717, 1.165) is 5.01 Å². The third-order valence-corrected chi connectivity index (χ3v) is 5.15. The number of hydrazine groups is 1. The summed E-state index contributed by atoms with van der Waals surface area (Å²) in [4.78, 5) is 37.9. The average molecular weight is 496 g/mol. The largest absolute Gasteiger partial charge is 0.493 e. The van der Waals surface area contributed by atoms with Gasteiger partial charge in [-0.25, -0.2) is 9.40 Å². The number of carbonyl (C=O) groups excluding carboxylic acids is 3. The number of ether oxygens (including phenoxy) is 2. The van der Waals surface area contributed by atoms with E-state index in [4.69, 9.17) is 21.1 Å². The van der Waals surface area contributed by atoms with E-state index in [-0.39, 0.29) is 33.3 Å². The molecule has 8 nitrogen and oxygen atoms in total. The molecule has 1 fully saturated rings. The fourth-order valence-corrected chi connectivity index (χ4v) is 3.59. The highest BCUT2D eigenvalue weighted by Crippen LogP contribution is 2.37. The minimum atomic E-state index is -0.618. The third kappa shape index (κ3) is 5.42. The van der Waals surface area contributed by atoms with Gasteiger partial charge in [0.15, 0.2) is 18.1 Å². The van der Waals surface area contributed by atoms with Crippen LogP contribution in [0.25, 0.3) is 6.08 Å². The molecule has 0 aliphatic carbocycles. The molecular weight excluding hydrogens is 477 g/mol. The number of nitrogens with zero attached hydrogens (tertiary/aromatic N) is 1. The number of rotatable bonds is 7. The van der Waals surface area contributed by atoms with E-state index < -0.39 is 30.1 Å². The summed E-state index contributed by atoms with van der Waals surface area (Å²) in [6.07, 6.45) is 1.31. The van der Waals surface area contributed by atoms with Crippen molar-refractivity contribution in [2.45, 2.75) is 0 Å². The van der Waals surface area contributed by atoms with Crippen molar-refractivity contribution in [2.75, 3.05) is 24.0 Å². The van der Waals surface area contributed by atoms with Gasteiger partial charge < -0.3 is 14.8 Å². The van der Waals surface area contributed by atoms with E-state index in [1.165, 1.54) is 49.6 Å². The highest BCUT2D eigenvalue weighted by atomic mass is 35.5. The van der Waals surface area contributed by atoms with Gasteiger partial charge >= 0.3 is 0 Å². The second-order valence-corrected chi connectivity index (χ2v) is 7.79. The number of benzene rings is 3. The smallest absolute Gasteiger partial charge is 0.282 e. The van der Waals surface area contributed by atoms with Gasteiger partial charge in [0.2, 0.25) is 0 Å². The number of anilines is 2. The van der Waals surface area contributed by atoms with Crippen molar-refractivity contribution in [3.63, 3.8) is 0 Å². The van der Waals surface area contributed by atoms with E-state index in [1.54, 1.807) is 30.3 Å². The number of amides is 3. The Morgan fingerprint density at radius 1 is 1.11 bits per heavy atom. The van der Waals surface area contributed by atoms with Crippen LogP contribution in [0.1, 0.15) is 5.56 Å². The maximum atomic E-state index is 13.4. The molecule has 35 heavy (non-hydrogen) atoms. The van der Waals surface area contributed by atoms with Crippen LogP contribution in [0, 0.1) is 5.82 Å². The Hall–Kier alpha value is -4.37. The predicted molar refractivity (Wildman–Crippen MR) is 129 cm³/mol. The molecule has 3 aromatic rings. The SMILES string of the molecule is COc1cc(Cl)cc(/C=C2/C(=O)NN(c3ccccc3)C2=O)c1OCC(=O)Nc1cccc(F)c1. The Morgan fingerprint density at radius 2 is 1.89 bits per heavy atom. The number of para-hydroxylation sites is 1. The lowest BCUT2D eigenvalue weighted by molar-refractivity contribution is -0.118. The van der Waals surface area contributed by atoms with Crippen molar-refractivity contribution in [2.24, 2.45) is 0 Å². The van der Waals surface area contributed by atoms with Gasteiger partial charge in [0.1, 0.15) is 11.4 Å². The Kier molecular flexibility index (Phi) is 6.98. The molecule has 0 aromatic heterocycles. The summed E-state index contributed by atoms with van der Waals surface area (Å²) in [5.74, 6) is -1.97. The molecule has 3 amide bonds. The molecular formula is C25H19ClFN3O5. The number of nitrogens with one attached hydrogen (secondary N) is 2. The van der Waals surface area contributed by atoms with Gasteiger partial charge in [-0.2, -0.15) is 0 Å². The first kappa shape index (κ1) is 23.8. The van der Waals surface area contributed by atoms with Crippen molar-refractivity contribution in [1.29, 1.82) is 0 Å². The number of hydrogen-bond acceptors (Lipinski definition) is 5. The molecule has 1 aliphatic rings. The van der Waals surface area contributed by atoms with Gasteiger partial charge in [0, 0.05) is 22.3 Å². The van der Waals surface area contributed by atoms with Crippen molar-refractivity contribution < 1.29 is 28.2 Å². The zero-order valence-electron chi connectivity index (χ0n) is 18.4. The van der Waals surface area contributed by atoms with Gasteiger partial charge in [0.25, 0.3) is 17.7 Å². The van der Waals surface area contributed by atoms with Crippen molar-refractivity contribution >= 4 is 46.8 Å². The molecule has 0 unspecified atom stereocenters. The van der Waals surface area contributed by atoms with Crippen LogP contribution in [0.4, 0.5) is 15.8 Å². The van der Waals surface area contributed by atoms with Crippen LogP contribution in [0.15, 0.2) is 72.3 Å². The first-order valence-electron chi connectivity index (χ1n) is 10.3. The van der Waals surface area contributed by atoms with Crippen LogP contribution < -0.4 is 25.2 Å². The fourth-order valence-electron chi connectivity index (χ4n) is 3.37. The van der Waals surface area contributed by atoms with E-state index in [9.17, 15) is 18.8 Å². The molecule has 1 aliphatic heterocycles. The Bertz CT molecular complexity index is 1330. The normalized spacial score (nSPS) is 14.1. The highest BCUT2D eigenvalue weighted by molar-refractivity contribution is 6.32. The van der Waals surface area contributed by atoms with Crippen LogP contribution in [-0.2, 0) is 14.4 Å². The number of halogens is 2. The molecule has 10 heteroatoms. The lowest BCUT2D eigenvalue weighted by Crippen LogP contribution is -2.35. The standard InChI is InChI=1S/C25H19ClFN3O5/c1-34-21-12-16(26)10-15(23(21)35-14-22(31)28-18-7-5-6-17(27)13-18)11-20-24(32)29-30(25(20)33)19-8-3-2-4-9-19/h2-13H,14H2,1H3,(H,28,31)(H,29,32)/b20-11-. The van der Waals surface area contributed by atoms with Gasteiger partial charge in [0.05, 0.1) is 12.8 Å². The molecule has 0 bridgehead atoms. The monoisotopic (exact) mass is 495 g/mol. The molecule has 1 heterocycles. The number of methoxy groups -OCH3 is 1. The summed E-state index contributed by atoms with van der Waals surface area (Å²) in [5, 5.41) is 3.91. The summed E-state index contributed by atoms with van der Waals surface area (Å²) in [6.45, 7) is -0.457. The van der Waals surface area contributed by atoms with Crippen molar-refractivity contribution in [1.82, 2.24) is 5.43 Å². The first-order valence-corrected chi connectivity index (χ1v) is 10.7. The van der Waals surface area contributed by atoms with E-state index >= 15 is 0 Å². The summed E-state index contributed by atoms with van der Waals surface area (Å²) in [7, 11) is 1.38. The molecule has 0 saturated carbocycles. The molecule has 1 saturated heterocycles. The predicted octanol–water partition coefficient (Wildman–Crippen LogP) is 3.97. The maximum Gasteiger partial charge on any atom is 0.282 e. The quantitative estimate of drug-likeness (QED) is 0.382. The van der Waals surface area contributed by atoms with Gasteiger partial charge in [-0.05, 0) is 42.5 Å². The zero-order valence-corrected chi connectivity index (χ0v) is 19.1. The van der Waals surface area contributed by atoms with Crippen LogP contribution in [0.5, 0.6) is 11.5 Å². The van der Waals surface area contributed by atoms with E-state index in [0.29, 0.717) is 5.69 Å². The number of carbonyl (C=O) groups is 3. The van der Waals surface area contributed by atoms with Crippen LogP contribution in [-0.4, -0.2) is 31.4 Å². The molecule has 178 valence electrons. The van der Waals surface area contributed by atoms with Gasteiger partial charge in [-0.15, -0.1) is 0 Å². The Morgan fingerprint density at radius 3 is 2.60 bits per heavy atom.